The molecular formula is C21H26N6O. The predicted octanol–water partition coefficient (Wildman–Crippen LogP) is 2.40. The van der Waals surface area contributed by atoms with Crippen LogP contribution in [0.4, 0.5) is 0 Å². The van der Waals surface area contributed by atoms with Crippen molar-refractivity contribution in [2.75, 3.05) is 13.1 Å². The molecule has 4 heterocycles. The third-order valence-electron chi connectivity index (χ3n) is 5.40. The van der Waals surface area contributed by atoms with Crippen LogP contribution < -0.4 is 0 Å². The topological polar surface area (TPSA) is 68.8 Å². The van der Waals surface area contributed by atoms with Crippen LogP contribution in [0.3, 0.4) is 0 Å². The van der Waals surface area contributed by atoms with Gasteiger partial charge in [0.25, 0.3) is 0 Å². The molecule has 7 nitrogen and oxygen atoms in total. The molecular weight excluding hydrogens is 352 g/mol. The van der Waals surface area contributed by atoms with Gasteiger partial charge >= 0.3 is 0 Å². The highest BCUT2D eigenvalue weighted by Crippen LogP contribution is 2.27. The molecule has 0 saturated carbocycles. The van der Waals surface area contributed by atoms with E-state index in [1.807, 2.05) is 61.1 Å². The molecule has 0 radical (unpaired) electrons. The number of likely N-dealkylation sites (tertiary alicyclic amines) is 1. The molecule has 0 N–H and O–H groups in total. The first-order chi connectivity index (χ1) is 13.7. The average molecular weight is 378 g/mol. The van der Waals surface area contributed by atoms with E-state index in [1.165, 1.54) is 0 Å². The summed E-state index contributed by atoms with van der Waals surface area (Å²) in [6.07, 6.45) is 12.7. The van der Waals surface area contributed by atoms with Gasteiger partial charge in [-0.05, 0) is 37.0 Å². The maximum Gasteiger partial charge on any atom is 0.222 e. The summed E-state index contributed by atoms with van der Waals surface area (Å²) >= 11 is 0. The number of hydrogen-bond donors (Lipinski definition) is 0. The number of amides is 1. The minimum Gasteiger partial charge on any atom is -0.343 e. The first-order valence-electron chi connectivity index (χ1n) is 9.85. The summed E-state index contributed by atoms with van der Waals surface area (Å²) in [7, 11) is 1.90. The van der Waals surface area contributed by atoms with Gasteiger partial charge in [-0.15, -0.1) is 0 Å². The quantitative estimate of drug-likeness (QED) is 0.660. The first kappa shape index (κ1) is 18.4. The van der Waals surface area contributed by atoms with E-state index in [2.05, 4.69) is 19.6 Å². The van der Waals surface area contributed by atoms with E-state index >= 15 is 0 Å². The fourth-order valence-corrected chi connectivity index (χ4v) is 3.88. The normalized spacial score (nSPS) is 15.1. The Hall–Kier alpha value is -2.96. The van der Waals surface area contributed by atoms with Crippen LogP contribution in [0.2, 0.25) is 0 Å². The largest absolute Gasteiger partial charge is 0.343 e. The lowest BCUT2D eigenvalue weighted by molar-refractivity contribution is -0.132. The van der Waals surface area contributed by atoms with Gasteiger partial charge in [-0.25, -0.2) is 4.98 Å². The van der Waals surface area contributed by atoms with Crippen molar-refractivity contribution in [2.24, 2.45) is 7.05 Å². The fraction of sp³-hybridized carbons (Fsp3) is 0.429. The van der Waals surface area contributed by atoms with E-state index in [4.69, 9.17) is 0 Å². The second-order valence-corrected chi connectivity index (χ2v) is 7.41. The number of aryl methyl sites for hydroxylation is 2. The number of hydrogen-bond acceptors (Lipinski definition) is 4. The summed E-state index contributed by atoms with van der Waals surface area (Å²) in [6.45, 7) is 2.33. The van der Waals surface area contributed by atoms with Crippen LogP contribution in [0.25, 0.3) is 0 Å². The summed E-state index contributed by atoms with van der Waals surface area (Å²) in [6, 6.07) is 5.97. The molecule has 0 spiro atoms. The van der Waals surface area contributed by atoms with Crippen LogP contribution in [0.1, 0.15) is 42.3 Å². The first-order valence-corrected chi connectivity index (χ1v) is 9.85. The van der Waals surface area contributed by atoms with Gasteiger partial charge in [0.15, 0.2) is 0 Å². The van der Waals surface area contributed by atoms with Crippen LogP contribution in [0, 0.1) is 0 Å². The number of rotatable bonds is 6. The van der Waals surface area contributed by atoms with Crippen molar-refractivity contribution in [3.8, 4) is 0 Å². The zero-order valence-electron chi connectivity index (χ0n) is 16.2. The molecule has 1 aliphatic heterocycles. The molecule has 0 atom stereocenters. The lowest BCUT2D eigenvalue weighted by Gasteiger charge is -2.32. The van der Waals surface area contributed by atoms with Crippen LogP contribution in [-0.4, -0.2) is 48.2 Å². The van der Waals surface area contributed by atoms with Gasteiger partial charge < -0.3 is 9.47 Å². The number of pyridine rings is 1. The summed E-state index contributed by atoms with van der Waals surface area (Å²) in [5.74, 6) is 1.73. The Morgan fingerprint density at radius 3 is 2.75 bits per heavy atom. The van der Waals surface area contributed by atoms with Crippen LogP contribution in [0.15, 0.2) is 49.2 Å². The van der Waals surface area contributed by atoms with Crippen molar-refractivity contribution in [1.29, 1.82) is 0 Å². The minimum atomic E-state index is 0.235. The second kappa shape index (κ2) is 8.37. The Balaban J connectivity index is 1.31. The number of aromatic nitrogens is 5. The number of carbonyl (C=O) groups is 1. The SMILES string of the molecule is Cn1cc(CCC(=O)N2CCC(c3nccn3Cc3ccccn3)CC2)cn1. The van der Waals surface area contributed by atoms with Crippen molar-refractivity contribution in [1.82, 2.24) is 29.2 Å². The molecule has 0 aliphatic carbocycles. The average Bonchev–Trinajstić information content (AvgIpc) is 3.36. The molecule has 4 rings (SSSR count). The highest BCUT2D eigenvalue weighted by atomic mass is 16.2. The minimum absolute atomic E-state index is 0.235. The molecule has 1 aliphatic rings. The van der Waals surface area contributed by atoms with Crippen LogP contribution in [0.5, 0.6) is 0 Å². The molecule has 3 aromatic heterocycles. The number of nitrogens with zero attached hydrogens (tertiary/aromatic N) is 6. The summed E-state index contributed by atoms with van der Waals surface area (Å²) in [5.41, 5.74) is 2.15. The van der Waals surface area contributed by atoms with E-state index < -0.39 is 0 Å². The van der Waals surface area contributed by atoms with Gasteiger partial charge in [0, 0.05) is 57.3 Å². The van der Waals surface area contributed by atoms with Crippen molar-refractivity contribution in [3.63, 3.8) is 0 Å². The van der Waals surface area contributed by atoms with Gasteiger partial charge in [0.1, 0.15) is 5.82 Å². The molecule has 7 heteroatoms. The zero-order chi connectivity index (χ0) is 19.3. The molecule has 0 aromatic carbocycles. The van der Waals surface area contributed by atoms with Gasteiger partial charge in [-0.3, -0.25) is 14.5 Å². The maximum absolute atomic E-state index is 12.5. The summed E-state index contributed by atoms with van der Waals surface area (Å²) in [5, 5.41) is 4.16. The molecule has 146 valence electrons. The predicted molar refractivity (Wildman–Crippen MR) is 106 cm³/mol. The zero-order valence-corrected chi connectivity index (χ0v) is 16.2. The standard InChI is InChI=1S/C21H26N6O/c1-25-15-17(14-24-25)5-6-20(28)26-11-7-18(8-12-26)21-23-10-13-27(21)16-19-4-2-3-9-22-19/h2-4,9-10,13-15,18H,5-8,11-12,16H2,1H3. The van der Waals surface area contributed by atoms with E-state index in [1.54, 1.807) is 4.68 Å². The van der Waals surface area contributed by atoms with E-state index in [0.717, 1.165) is 56.0 Å². The Bertz CT molecular complexity index is 908. The lowest BCUT2D eigenvalue weighted by atomic mass is 9.95. The van der Waals surface area contributed by atoms with Crippen molar-refractivity contribution < 1.29 is 4.79 Å². The summed E-state index contributed by atoms with van der Waals surface area (Å²) in [4.78, 5) is 23.6. The molecule has 3 aromatic rings. The van der Waals surface area contributed by atoms with E-state index in [9.17, 15) is 4.79 Å². The molecule has 0 bridgehead atoms. The Kier molecular flexibility index (Phi) is 5.50. The molecule has 1 saturated heterocycles. The third-order valence-corrected chi connectivity index (χ3v) is 5.40. The van der Waals surface area contributed by atoms with Crippen molar-refractivity contribution >= 4 is 5.91 Å². The van der Waals surface area contributed by atoms with Crippen molar-refractivity contribution in [3.05, 3.63) is 66.3 Å². The van der Waals surface area contributed by atoms with Gasteiger partial charge in [-0.2, -0.15) is 5.10 Å². The molecule has 1 fully saturated rings. The highest BCUT2D eigenvalue weighted by Gasteiger charge is 2.26. The fourth-order valence-electron chi connectivity index (χ4n) is 3.88. The highest BCUT2D eigenvalue weighted by molar-refractivity contribution is 5.76. The maximum atomic E-state index is 12.5. The molecule has 28 heavy (non-hydrogen) atoms. The van der Waals surface area contributed by atoms with Gasteiger partial charge in [0.2, 0.25) is 5.91 Å². The monoisotopic (exact) mass is 378 g/mol. The number of carbonyl (C=O) groups excluding carboxylic acids is 1. The van der Waals surface area contributed by atoms with E-state index in [-0.39, 0.29) is 5.91 Å². The van der Waals surface area contributed by atoms with E-state index in [0.29, 0.717) is 12.3 Å². The Morgan fingerprint density at radius 1 is 1.18 bits per heavy atom. The number of imidazole rings is 1. The Morgan fingerprint density at radius 2 is 2.04 bits per heavy atom. The van der Waals surface area contributed by atoms with Crippen LogP contribution in [-0.2, 0) is 24.8 Å². The third kappa shape index (κ3) is 4.30. The van der Waals surface area contributed by atoms with Gasteiger partial charge in [0.05, 0.1) is 18.4 Å². The molecule has 0 unspecified atom stereocenters. The number of piperidine rings is 1. The smallest absolute Gasteiger partial charge is 0.222 e. The molecule has 1 amide bonds. The van der Waals surface area contributed by atoms with Crippen LogP contribution >= 0.6 is 0 Å². The second-order valence-electron chi connectivity index (χ2n) is 7.41. The summed E-state index contributed by atoms with van der Waals surface area (Å²) < 4.78 is 3.96. The van der Waals surface area contributed by atoms with Gasteiger partial charge in [-0.1, -0.05) is 6.07 Å². The Labute approximate surface area is 165 Å². The lowest BCUT2D eigenvalue weighted by Crippen LogP contribution is -2.38. The van der Waals surface area contributed by atoms with Crippen molar-refractivity contribution in [2.45, 2.75) is 38.1 Å².